The third kappa shape index (κ3) is 25.4. The maximum Gasteiger partial charge on any atom is 0.325 e. The lowest BCUT2D eigenvalue weighted by molar-refractivity contribution is -0.155. The summed E-state index contributed by atoms with van der Waals surface area (Å²) in [7, 11) is 0. The van der Waals surface area contributed by atoms with Crippen molar-refractivity contribution in [1.29, 1.82) is 0 Å². The number of carbonyl (C=O) groups is 8. The highest BCUT2D eigenvalue weighted by molar-refractivity contribution is 5.85. The minimum absolute atomic E-state index is 0.0838. The van der Waals surface area contributed by atoms with Gasteiger partial charge < -0.3 is 59.2 Å². The average molecular weight is 1330 g/mol. The van der Waals surface area contributed by atoms with Gasteiger partial charge in [-0.25, -0.2) is 0 Å². The predicted octanol–water partition coefficient (Wildman–Crippen LogP) is 10.9. The molecule has 0 aromatic heterocycles. The number of fused-ring (bicyclic) bond motifs is 8. The summed E-state index contributed by atoms with van der Waals surface area (Å²) >= 11 is 0. The van der Waals surface area contributed by atoms with Crippen LogP contribution in [0.4, 0.5) is 0 Å². The first-order valence-electron chi connectivity index (χ1n) is 32.9. The molecule has 20 heteroatoms. The molecule has 4 aromatic rings. The molecule has 0 aliphatic heterocycles. The lowest BCUT2D eigenvalue weighted by Crippen LogP contribution is -2.37. The minimum Gasteiger partial charge on any atom is -0.483 e. The molecule has 528 valence electrons. The number of nitrogens with one attached hydrogen (secondary N) is 4. The number of carbonyl (C=O) groups excluding carboxylic acids is 8. The Bertz CT molecular complexity index is 2970. The van der Waals surface area contributed by atoms with E-state index in [9.17, 15) is 38.4 Å². The van der Waals surface area contributed by atoms with Crippen LogP contribution in [-0.2, 0) is 105 Å². The van der Waals surface area contributed by atoms with E-state index in [-0.39, 0.29) is 25.7 Å². The largest absolute Gasteiger partial charge is 0.483 e. The summed E-state index contributed by atoms with van der Waals surface area (Å²) < 4.78 is 49.3. The van der Waals surface area contributed by atoms with E-state index in [4.69, 9.17) is 37.9 Å². The number of benzene rings is 4. The second-order valence-electron chi connectivity index (χ2n) is 32.8. The molecule has 0 saturated carbocycles. The van der Waals surface area contributed by atoms with Crippen LogP contribution in [0.25, 0.3) is 0 Å². The summed E-state index contributed by atoms with van der Waals surface area (Å²) in [6.07, 6.45) is 0.335. The van der Waals surface area contributed by atoms with Crippen molar-refractivity contribution in [2.75, 3.05) is 52.6 Å². The van der Waals surface area contributed by atoms with Gasteiger partial charge in [0.15, 0.2) is 26.4 Å². The van der Waals surface area contributed by atoms with Crippen LogP contribution in [0.2, 0.25) is 0 Å². The van der Waals surface area contributed by atoms with Gasteiger partial charge in [-0.15, -0.1) is 0 Å². The summed E-state index contributed by atoms with van der Waals surface area (Å²) in [6.45, 7) is 42.0. The van der Waals surface area contributed by atoms with Crippen LogP contribution in [0, 0.1) is 0 Å². The van der Waals surface area contributed by atoms with Gasteiger partial charge in [-0.05, 0) is 172 Å². The van der Waals surface area contributed by atoms with E-state index in [1.807, 2.05) is 48.5 Å². The fraction of sp³-hybridized carbons (Fsp3) is 0.579. The summed E-state index contributed by atoms with van der Waals surface area (Å²) in [6, 6.07) is 16.3. The first kappa shape index (κ1) is 78.5. The molecule has 4 N–H and O–H groups in total. The van der Waals surface area contributed by atoms with Crippen LogP contribution >= 0.6 is 0 Å². The third-order valence-corrected chi connectivity index (χ3v) is 14.7. The molecule has 0 saturated heterocycles. The van der Waals surface area contributed by atoms with Crippen molar-refractivity contribution >= 4 is 47.5 Å². The Morgan fingerprint density at radius 2 is 0.417 bits per heavy atom. The van der Waals surface area contributed by atoms with Crippen LogP contribution in [0.15, 0.2) is 48.5 Å². The molecule has 0 spiro atoms. The van der Waals surface area contributed by atoms with E-state index in [0.29, 0.717) is 67.5 Å². The zero-order chi connectivity index (χ0) is 72.5. The first-order chi connectivity index (χ1) is 43.8. The molecule has 1 aliphatic rings. The van der Waals surface area contributed by atoms with Crippen molar-refractivity contribution in [1.82, 2.24) is 21.3 Å². The molecule has 8 bridgehead atoms. The SMILES string of the molecule is CC(C)(C)OC(=O)CNC(=O)COc1c2cc(C(C)(C)C)cc1Cc1cc(C(C)(C)C)cc(c1OCC(=O)NCC(=O)OC(C)(C)C)Cc1cc(C(C)(C)C)cc(c1OCC(=O)NCC(=O)OC(C)(C)C)Cc1cc(C(C)(C)C)cc(c1OCC(=O)NCC(=O)OC(C)(C)C)C2. The monoisotopic (exact) mass is 1330 g/mol. The van der Waals surface area contributed by atoms with E-state index in [1.165, 1.54) is 0 Å². The van der Waals surface area contributed by atoms with Crippen LogP contribution in [-0.4, -0.2) is 123 Å². The van der Waals surface area contributed by atoms with Crippen molar-refractivity contribution in [2.24, 2.45) is 0 Å². The molecule has 0 heterocycles. The Morgan fingerprint density at radius 1 is 0.271 bits per heavy atom. The van der Waals surface area contributed by atoms with Gasteiger partial charge in [0.1, 0.15) is 71.6 Å². The second-order valence-corrected chi connectivity index (χ2v) is 32.8. The molecule has 0 fully saturated rings. The summed E-state index contributed by atoms with van der Waals surface area (Å²) in [5.41, 5.74) is 3.31. The average Bonchev–Trinajstić information content (AvgIpc) is 0.767. The number of amides is 4. The maximum absolute atomic E-state index is 14.0. The molecule has 0 unspecified atom stereocenters. The van der Waals surface area contributed by atoms with E-state index in [1.54, 1.807) is 83.1 Å². The molecule has 1 aliphatic carbocycles. The van der Waals surface area contributed by atoms with Crippen LogP contribution in [0.1, 0.15) is 233 Å². The fourth-order valence-corrected chi connectivity index (χ4v) is 10.3. The number of hydrogen-bond acceptors (Lipinski definition) is 16. The molecule has 20 nitrogen and oxygen atoms in total. The van der Waals surface area contributed by atoms with E-state index < -0.39 is 144 Å². The van der Waals surface area contributed by atoms with Crippen molar-refractivity contribution in [3.8, 4) is 23.0 Å². The Kier molecular flexibility index (Phi) is 25.3. The van der Waals surface area contributed by atoms with Gasteiger partial charge in [-0.2, -0.15) is 0 Å². The summed E-state index contributed by atoms with van der Waals surface area (Å²) in [5, 5.41) is 10.6. The molecular formula is C76H108N4O16. The molecular weight excluding hydrogens is 1220 g/mol. The van der Waals surface area contributed by atoms with Crippen molar-refractivity contribution < 1.29 is 76.3 Å². The van der Waals surface area contributed by atoms with Crippen LogP contribution < -0.4 is 40.2 Å². The summed E-state index contributed by atoms with van der Waals surface area (Å²) in [5.74, 6) is -3.66. The van der Waals surface area contributed by atoms with Gasteiger partial charge >= 0.3 is 23.9 Å². The summed E-state index contributed by atoms with van der Waals surface area (Å²) in [4.78, 5) is 108. The van der Waals surface area contributed by atoms with E-state index in [0.717, 1.165) is 22.3 Å². The third-order valence-electron chi connectivity index (χ3n) is 14.7. The molecule has 4 amide bonds. The molecule has 5 rings (SSSR count). The van der Waals surface area contributed by atoms with Crippen molar-refractivity contribution in [3.05, 3.63) is 115 Å². The highest BCUT2D eigenvalue weighted by atomic mass is 16.6. The quantitative estimate of drug-likeness (QED) is 0.0417. The van der Waals surface area contributed by atoms with Gasteiger partial charge in [-0.3, -0.25) is 38.4 Å². The van der Waals surface area contributed by atoms with Gasteiger partial charge in [0.25, 0.3) is 23.6 Å². The van der Waals surface area contributed by atoms with Crippen molar-refractivity contribution in [3.63, 3.8) is 0 Å². The predicted molar refractivity (Wildman–Crippen MR) is 369 cm³/mol. The first-order valence-corrected chi connectivity index (χ1v) is 32.9. The highest BCUT2D eigenvalue weighted by Crippen LogP contribution is 2.45. The molecule has 0 radical (unpaired) electrons. The number of rotatable bonds is 20. The normalized spacial score (nSPS) is 13.1. The topological polar surface area (TPSA) is 259 Å². The van der Waals surface area contributed by atoms with E-state index >= 15 is 0 Å². The molecule has 96 heavy (non-hydrogen) atoms. The Morgan fingerprint density at radius 3 is 0.542 bits per heavy atom. The fourth-order valence-electron chi connectivity index (χ4n) is 10.3. The number of ether oxygens (including phenoxy) is 8. The van der Waals surface area contributed by atoms with Gasteiger partial charge in [-0.1, -0.05) is 132 Å². The lowest BCUT2D eigenvalue weighted by atomic mass is 9.79. The Labute approximate surface area is 569 Å². The van der Waals surface area contributed by atoms with Gasteiger partial charge in [0.2, 0.25) is 0 Å². The number of esters is 4. The highest BCUT2D eigenvalue weighted by Gasteiger charge is 2.32. The molecule has 0 atom stereocenters. The lowest BCUT2D eigenvalue weighted by Gasteiger charge is -2.29. The van der Waals surface area contributed by atoms with Crippen LogP contribution in [0.3, 0.4) is 0 Å². The van der Waals surface area contributed by atoms with Gasteiger partial charge in [0.05, 0.1) is 0 Å². The Balaban J connectivity index is 1.95. The Hall–Kier alpha value is -8.16. The number of hydrogen-bond donors (Lipinski definition) is 4. The molecule has 4 aromatic carbocycles. The standard InChI is InChI=1S/C76H108N4O16/c1-69(2,3)53-29-45-25-47-31-54(70(4,5)6)33-49(66(47)90-42-58(82)78-38-62(86)94-74(16,17)18)27-51-35-56(72(10,11)12)36-52(68(51)92-44-60(84)80-40-64(88)96-76(22,23)24)28-50-34-55(71(7,8)9)32-48(67(50)91-43-59(83)79-39-63(87)95-75(19,20)21)26-46(30-53)65(45)89-41-57(81)77-37-61(85)93-73(13,14)15/h29-36H,25-28,37-44H2,1-24H3,(H,77,81)(H,78,82)(H,79,83)(H,80,84). The van der Waals surface area contributed by atoms with Crippen LogP contribution in [0.5, 0.6) is 23.0 Å². The smallest absolute Gasteiger partial charge is 0.325 e. The zero-order valence-corrected chi connectivity index (χ0v) is 61.6. The maximum atomic E-state index is 14.0. The van der Waals surface area contributed by atoms with Gasteiger partial charge in [0, 0.05) is 25.7 Å². The zero-order valence-electron chi connectivity index (χ0n) is 61.6. The van der Waals surface area contributed by atoms with E-state index in [2.05, 4.69) is 104 Å². The van der Waals surface area contributed by atoms with Crippen molar-refractivity contribution in [2.45, 2.75) is 236 Å². The second kappa shape index (κ2) is 30.9. The minimum atomic E-state index is -0.804.